The van der Waals surface area contributed by atoms with Crippen LogP contribution in [0.3, 0.4) is 0 Å². The van der Waals surface area contributed by atoms with Gasteiger partial charge in [0.2, 0.25) is 10.0 Å². The maximum absolute atomic E-state index is 12.5. The van der Waals surface area contributed by atoms with E-state index in [-0.39, 0.29) is 24.0 Å². The van der Waals surface area contributed by atoms with Crippen molar-refractivity contribution in [1.29, 1.82) is 0 Å². The van der Waals surface area contributed by atoms with Crippen molar-refractivity contribution in [1.82, 2.24) is 23.9 Å². The largest absolute Gasteiger partial charge is 0.490 e. The summed E-state index contributed by atoms with van der Waals surface area (Å²) in [7, 11) is -0.558. The molecule has 0 unspecified atom stereocenters. The number of sulfonamides is 1. The van der Waals surface area contributed by atoms with Crippen molar-refractivity contribution in [2.24, 2.45) is 0 Å². The Labute approximate surface area is 174 Å². The number of hydrogen-bond donors (Lipinski definition) is 0. The molecule has 0 bridgehead atoms. The van der Waals surface area contributed by atoms with E-state index in [4.69, 9.17) is 9.47 Å². The molecule has 0 spiro atoms. The number of benzene rings is 1. The summed E-state index contributed by atoms with van der Waals surface area (Å²) in [6.45, 7) is 4.01. The van der Waals surface area contributed by atoms with E-state index < -0.39 is 16.0 Å². The summed E-state index contributed by atoms with van der Waals surface area (Å²) < 4.78 is 37.6. The van der Waals surface area contributed by atoms with Crippen molar-refractivity contribution >= 4 is 21.8 Å². The predicted molar refractivity (Wildman–Crippen MR) is 108 cm³/mol. The van der Waals surface area contributed by atoms with Gasteiger partial charge in [-0.2, -0.15) is 10.1 Å². The van der Waals surface area contributed by atoms with Crippen molar-refractivity contribution in [3.8, 4) is 5.75 Å². The molecule has 160 valence electrons. The van der Waals surface area contributed by atoms with Gasteiger partial charge in [-0.3, -0.25) is 0 Å². The van der Waals surface area contributed by atoms with E-state index in [0.29, 0.717) is 22.8 Å². The van der Waals surface area contributed by atoms with E-state index in [1.807, 2.05) is 13.8 Å². The van der Waals surface area contributed by atoms with Gasteiger partial charge in [0.15, 0.2) is 0 Å². The smallest absolute Gasteiger partial charge is 0.341 e. The standard InChI is InChI=1S/C19H23N5O5S/c1-13(2)17-16(11-20-19-21-12-22-24(17)19)18(25)29-10-9-28-14-5-7-15(8-6-14)30(26,27)23(3)4/h5-8,11-13H,9-10H2,1-4H3. The third-order valence-corrected chi connectivity index (χ3v) is 6.13. The number of fused-ring (bicyclic) bond motifs is 1. The summed E-state index contributed by atoms with van der Waals surface area (Å²) in [5, 5.41) is 4.12. The molecule has 0 atom stereocenters. The minimum absolute atomic E-state index is 0.00737. The van der Waals surface area contributed by atoms with Crippen LogP contribution in [0.4, 0.5) is 0 Å². The van der Waals surface area contributed by atoms with Crippen molar-refractivity contribution in [2.75, 3.05) is 27.3 Å². The van der Waals surface area contributed by atoms with Crippen molar-refractivity contribution in [3.63, 3.8) is 0 Å². The molecular weight excluding hydrogens is 410 g/mol. The SMILES string of the molecule is CC(C)c1c(C(=O)OCCOc2ccc(S(=O)(=O)N(C)C)cc2)cnc2ncnn12. The Balaban J connectivity index is 1.59. The number of rotatable bonds is 8. The van der Waals surface area contributed by atoms with E-state index in [2.05, 4.69) is 15.1 Å². The molecule has 0 aliphatic carbocycles. The van der Waals surface area contributed by atoms with Crippen LogP contribution in [0.25, 0.3) is 5.78 Å². The van der Waals surface area contributed by atoms with Crippen molar-refractivity contribution in [3.05, 3.63) is 48.0 Å². The van der Waals surface area contributed by atoms with Gasteiger partial charge in [0, 0.05) is 20.3 Å². The number of carbonyl (C=O) groups is 1. The second-order valence-electron chi connectivity index (χ2n) is 6.93. The third kappa shape index (κ3) is 4.41. The maximum atomic E-state index is 12.5. The number of hydrogen-bond acceptors (Lipinski definition) is 8. The highest BCUT2D eigenvalue weighted by Gasteiger charge is 2.20. The molecule has 0 fully saturated rings. The molecule has 10 nitrogen and oxygen atoms in total. The number of aromatic nitrogens is 4. The third-order valence-electron chi connectivity index (χ3n) is 4.30. The lowest BCUT2D eigenvalue weighted by Crippen LogP contribution is -2.22. The molecule has 30 heavy (non-hydrogen) atoms. The van der Waals surface area contributed by atoms with Gasteiger partial charge < -0.3 is 9.47 Å². The molecule has 0 saturated carbocycles. The molecule has 0 amide bonds. The number of ether oxygens (including phenoxy) is 2. The number of esters is 1. The van der Waals surface area contributed by atoms with Crippen molar-refractivity contribution in [2.45, 2.75) is 24.7 Å². The normalized spacial score (nSPS) is 11.9. The van der Waals surface area contributed by atoms with Gasteiger partial charge in [-0.05, 0) is 30.2 Å². The van der Waals surface area contributed by atoms with Gasteiger partial charge in [0.25, 0.3) is 5.78 Å². The molecule has 2 heterocycles. The average Bonchev–Trinajstić information content (AvgIpc) is 3.19. The fraction of sp³-hybridized carbons (Fsp3) is 0.368. The fourth-order valence-electron chi connectivity index (χ4n) is 2.80. The van der Waals surface area contributed by atoms with E-state index in [1.54, 1.807) is 12.1 Å². The summed E-state index contributed by atoms with van der Waals surface area (Å²) in [5.41, 5.74) is 0.988. The highest BCUT2D eigenvalue weighted by atomic mass is 32.2. The van der Waals surface area contributed by atoms with Crippen LogP contribution in [0.5, 0.6) is 5.75 Å². The summed E-state index contributed by atoms with van der Waals surface area (Å²) in [4.78, 5) is 20.8. The Morgan fingerprint density at radius 3 is 2.47 bits per heavy atom. The minimum atomic E-state index is -3.49. The van der Waals surface area contributed by atoms with Crippen LogP contribution in [0, 0.1) is 0 Å². The van der Waals surface area contributed by atoms with Crippen LogP contribution in [0.1, 0.15) is 35.8 Å². The lowest BCUT2D eigenvalue weighted by molar-refractivity contribution is 0.0447. The molecule has 0 aliphatic heterocycles. The summed E-state index contributed by atoms with van der Waals surface area (Å²) in [6, 6.07) is 6.03. The highest BCUT2D eigenvalue weighted by molar-refractivity contribution is 7.89. The van der Waals surface area contributed by atoms with Crippen LogP contribution in [0.2, 0.25) is 0 Å². The van der Waals surface area contributed by atoms with Gasteiger partial charge in [0.1, 0.15) is 25.3 Å². The maximum Gasteiger partial charge on any atom is 0.341 e. The van der Waals surface area contributed by atoms with E-state index in [0.717, 1.165) is 4.31 Å². The molecule has 0 saturated heterocycles. The zero-order valence-corrected chi connectivity index (χ0v) is 18.0. The second-order valence-corrected chi connectivity index (χ2v) is 9.08. The Kier molecular flexibility index (Phi) is 6.32. The number of carbonyl (C=O) groups excluding carboxylic acids is 1. The van der Waals surface area contributed by atoms with E-state index in [1.165, 1.54) is 43.3 Å². The lowest BCUT2D eigenvalue weighted by Gasteiger charge is -2.13. The lowest BCUT2D eigenvalue weighted by atomic mass is 10.1. The van der Waals surface area contributed by atoms with Gasteiger partial charge in [0.05, 0.1) is 16.2 Å². The first-order chi connectivity index (χ1) is 14.2. The first kappa shape index (κ1) is 21.7. The quantitative estimate of drug-likeness (QED) is 0.390. The van der Waals surface area contributed by atoms with Crippen LogP contribution >= 0.6 is 0 Å². The van der Waals surface area contributed by atoms with Gasteiger partial charge >= 0.3 is 5.97 Å². The molecule has 11 heteroatoms. The van der Waals surface area contributed by atoms with Crippen molar-refractivity contribution < 1.29 is 22.7 Å². The highest BCUT2D eigenvalue weighted by Crippen LogP contribution is 2.20. The van der Waals surface area contributed by atoms with Gasteiger partial charge in [-0.15, -0.1) is 0 Å². The molecule has 2 aromatic heterocycles. The predicted octanol–water partition coefficient (Wildman–Crippen LogP) is 1.73. The fourth-order valence-corrected chi connectivity index (χ4v) is 3.70. The number of nitrogens with zero attached hydrogens (tertiary/aromatic N) is 5. The van der Waals surface area contributed by atoms with Gasteiger partial charge in [-0.25, -0.2) is 27.0 Å². The first-order valence-corrected chi connectivity index (χ1v) is 10.7. The van der Waals surface area contributed by atoms with E-state index in [9.17, 15) is 13.2 Å². The molecule has 0 N–H and O–H groups in total. The molecular formula is C19H23N5O5S. The Morgan fingerprint density at radius 2 is 1.83 bits per heavy atom. The zero-order chi connectivity index (χ0) is 21.9. The van der Waals surface area contributed by atoms with Gasteiger partial charge in [-0.1, -0.05) is 13.8 Å². The van der Waals surface area contributed by atoms with Crippen LogP contribution in [-0.2, 0) is 14.8 Å². The Morgan fingerprint density at radius 1 is 1.13 bits per heavy atom. The molecule has 3 rings (SSSR count). The molecule has 1 aromatic carbocycles. The van der Waals surface area contributed by atoms with Crippen LogP contribution < -0.4 is 4.74 Å². The summed E-state index contributed by atoms with van der Waals surface area (Å²) in [6.07, 6.45) is 2.82. The Bertz CT molecular complexity index is 1140. The minimum Gasteiger partial charge on any atom is -0.490 e. The molecule has 0 radical (unpaired) electrons. The zero-order valence-electron chi connectivity index (χ0n) is 17.1. The molecule has 0 aliphatic rings. The second kappa shape index (κ2) is 8.76. The van der Waals surface area contributed by atoms with E-state index >= 15 is 0 Å². The first-order valence-electron chi connectivity index (χ1n) is 9.23. The molecule has 3 aromatic rings. The summed E-state index contributed by atoms with van der Waals surface area (Å²) >= 11 is 0. The summed E-state index contributed by atoms with van der Waals surface area (Å²) in [5.74, 6) is 0.364. The van der Waals surface area contributed by atoms with Crippen LogP contribution in [0.15, 0.2) is 41.7 Å². The van der Waals surface area contributed by atoms with Crippen LogP contribution in [-0.4, -0.2) is 65.6 Å². The Hall–Kier alpha value is -3.05. The monoisotopic (exact) mass is 433 g/mol. The average molecular weight is 433 g/mol. The topological polar surface area (TPSA) is 116 Å².